The molecule has 0 bridgehead atoms. The number of aliphatic hydroxyl groups is 1. The van der Waals surface area contributed by atoms with Crippen LogP contribution in [0.2, 0.25) is 0 Å². The Morgan fingerprint density at radius 1 is 1.12 bits per heavy atom. The van der Waals surface area contributed by atoms with Gasteiger partial charge in [0.2, 0.25) is 0 Å². The monoisotopic (exact) mass is 330 g/mol. The molecule has 0 aromatic heterocycles. The second kappa shape index (κ2) is 5.37. The molecule has 0 aromatic rings. The summed E-state index contributed by atoms with van der Waals surface area (Å²) in [6.07, 6.45) is 13.0. The normalized spacial score (nSPS) is 50.3. The van der Waals surface area contributed by atoms with Crippen molar-refractivity contribution in [3.63, 3.8) is 0 Å². The zero-order valence-corrected chi connectivity index (χ0v) is 15.9. The van der Waals surface area contributed by atoms with E-state index in [1.165, 1.54) is 43.4 Å². The molecule has 1 unspecified atom stereocenters. The molecule has 0 aromatic carbocycles. The number of hydrogen-bond acceptors (Lipinski definition) is 2. The second-order valence-corrected chi connectivity index (χ2v) is 9.50. The minimum absolute atomic E-state index is 0.122. The van der Waals surface area contributed by atoms with Crippen molar-refractivity contribution in [3.8, 4) is 0 Å². The summed E-state index contributed by atoms with van der Waals surface area (Å²) in [6.45, 7) is 9.82. The van der Waals surface area contributed by atoms with Crippen LogP contribution in [0.15, 0.2) is 23.5 Å². The molecule has 0 heterocycles. The quantitative estimate of drug-likeness (QED) is 0.751. The van der Waals surface area contributed by atoms with Gasteiger partial charge in [-0.25, -0.2) is 0 Å². The molecule has 2 saturated carbocycles. The van der Waals surface area contributed by atoms with Gasteiger partial charge in [0.1, 0.15) is 0 Å². The van der Waals surface area contributed by atoms with Gasteiger partial charge in [-0.2, -0.15) is 0 Å². The van der Waals surface area contributed by atoms with E-state index in [0.717, 1.165) is 31.3 Å². The first-order valence-corrected chi connectivity index (χ1v) is 10.1. The zero-order valence-electron chi connectivity index (χ0n) is 15.9. The molecule has 0 amide bonds. The molecule has 6 atom stereocenters. The number of ether oxygens (including phenoxy) is 1. The summed E-state index contributed by atoms with van der Waals surface area (Å²) in [7, 11) is 0. The minimum Gasteiger partial charge on any atom is -0.498 e. The highest BCUT2D eigenvalue weighted by molar-refractivity contribution is 5.36. The second-order valence-electron chi connectivity index (χ2n) is 9.50. The fourth-order valence-electron chi connectivity index (χ4n) is 6.84. The molecular formula is C22H34O2. The standard InChI is InChI=1S/C22H34O2/c1-5-24-16-8-11-20(2)15(14-16)6-7-17-18(20)9-12-21(3)19(17)10-13-22(21,4)23/h6,14,17-19,23H,5,7-13H2,1-4H3/t17-,18+,19+,20+,21+,22?/m1/s1. The molecule has 0 aliphatic heterocycles. The smallest absolute Gasteiger partial charge is 0.0962 e. The number of hydrogen-bond donors (Lipinski definition) is 1. The van der Waals surface area contributed by atoms with Crippen LogP contribution in [0.3, 0.4) is 0 Å². The number of allylic oxidation sites excluding steroid dienone is 4. The van der Waals surface area contributed by atoms with Crippen molar-refractivity contribution in [3.05, 3.63) is 23.5 Å². The molecular weight excluding hydrogens is 296 g/mol. The van der Waals surface area contributed by atoms with Gasteiger partial charge in [-0.1, -0.05) is 19.9 Å². The highest BCUT2D eigenvalue weighted by atomic mass is 16.5. The predicted octanol–water partition coefficient (Wildman–Crippen LogP) is 5.23. The SMILES string of the molecule is CCOC1=CC2=CC[C@@H]3[C@H](CC[C@@]4(C)[C@H]3CCC4(C)O)[C@@]2(C)CC1. The van der Waals surface area contributed by atoms with Gasteiger partial charge >= 0.3 is 0 Å². The summed E-state index contributed by atoms with van der Waals surface area (Å²) in [5.74, 6) is 3.42. The summed E-state index contributed by atoms with van der Waals surface area (Å²) in [4.78, 5) is 0. The van der Waals surface area contributed by atoms with Gasteiger partial charge in [-0.3, -0.25) is 0 Å². The van der Waals surface area contributed by atoms with Crippen molar-refractivity contribution in [1.29, 1.82) is 0 Å². The first-order valence-electron chi connectivity index (χ1n) is 10.1. The van der Waals surface area contributed by atoms with Crippen molar-refractivity contribution in [1.82, 2.24) is 0 Å². The maximum atomic E-state index is 11.0. The Labute approximate surface area is 147 Å². The van der Waals surface area contributed by atoms with E-state index in [1.54, 1.807) is 0 Å². The lowest BCUT2D eigenvalue weighted by Gasteiger charge is -2.57. The summed E-state index contributed by atoms with van der Waals surface area (Å²) in [6, 6.07) is 0. The lowest BCUT2D eigenvalue weighted by atomic mass is 9.47. The van der Waals surface area contributed by atoms with Crippen LogP contribution in [0.25, 0.3) is 0 Å². The van der Waals surface area contributed by atoms with E-state index in [1.807, 2.05) is 0 Å². The van der Waals surface area contributed by atoms with Gasteiger partial charge in [0, 0.05) is 6.42 Å². The van der Waals surface area contributed by atoms with Crippen molar-refractivity contribution in [2.24, 2.45) is 28.6 Å². The molecule has 0 saturated heterocycles. The highest BCUT2D eigenvalue weighted by Crippen LogP contribution is 2.66. The summed E-state index contributed by atoms with van der Waals surface area (Å²) >= 11 is 0. The molecule has 0 spiro atoms. The van der Waals surface area contributed by atoms with Crippen LogP contribution >= 0.6 is 0 Å². The Morgan fingerprint density at radius 2 is 1.88 bits per heavy atom. The minimum atomic E-state index is -0.470. The Bertz CT molecular complexity index is 587. The zero-order chi connectivity index (χ0) is 17.2. The molecule has 0 radical (unpaired) electrons. The summed E-state index contributed by atoms with van der Waals surface area (Å²) in [5.41, 5.74) is 1.50. The first kappa shape index (κ1) is 16.7. The Kier molecular flexibility index (Phi) is 3.73. The highest BCUT2D eigenvalue weighted by Gasteiger charge is 2.61. The molecule has 2 heteroatoms. The van der Waals surface area contributed by atoms with Gasteiger partial charge in [0.05, 0.1) is 18.0 Å². The largest absolute Gasteiger partial charge is 0.498 e. The van der Waals surface area contributed by atoms with Crippen molar-refractivity contribution >= 4 is 0 Å². The van der Waals surface area contributed by atoms with E-state index >= 15 is 0 Å². The molecule has 4 aliphatic carbocycles. The topological polar surface area (TPSA) is 29.5 Å². The van der Waals surface area contributed by atoms with Crippen LogP contribution in [0.5, 0.6) is 0 Å². The maximum absolute atomic E-state index is 11.0. The molecule has 4 aliphatic rings. The lowest BCUT2D eigenvalue weighted by Crippen LogP contribution is -2.53. The van der Waals surface area contributed by atoms with Gasteiger partial charge in [0.25, 0.3) is 0 Å². The van der Waals surface area contributed by atoms with E-state index in [9.17, 15) is 5.11 Å². The van der Waals surface area contributed by atoms with Crippen molar-refractivity contribution in [2.45, 2.75) is 78.2 Å². The number of fused-ring (bicyclic) bond motifs is 5. The lowest BCUT2D eigenvalue weighted by molar-refractivity contribution is -0.112. The van der Waals surface area contributed by atoms with E-state index in [4.69, 9.17) is 4.74 Å². The van der Waals surface area contributed by atoms with E-state index in [0.29, 0.717) is 11.3 Å². The molecule has 1 N–H and O–H groups in total. The van der Waals surface area contributed by atoms with Crippen molar-refractivity contribution < 1.29 is 9.84 Å². The van der Waals surface area contributed by atoms with Gasteiger partial charge in [-0.05, 0) is 92.6 Å². The predicted molar refractivity (Wildman–Crippen MR) is 97.4 cm³/mol. The Morgan fingerprint density at radius 3 is 2.62 bits per heavy atom. The van der Waals surface area contributed by atoms with E-state index < -0.39 is 5.60 Å². The van der Waals surface area contributed by atoms with Crippen LogP contribution in [0.1, 0.15) is 72.6 Å². The fraction of sp³-hybridized carbons (Fsp3) is 0.818. The van der Waals surface area contributed by atoms with Gasteiger partial charge in [-0.15, -0.1) is 0 Å². The Balaban J connectivity index is 1.67. The average Bonchev–Trinajstić information content (AvgIpc) is 2.78. The Hall–Kier alpha value is -0.760. The fourth-order valence-corrected chi connectivity index (χ4v) is 6.84. The third kappa shape index (κ3) is 2.11. The molecule has 2 fully saturated rings. The molecule has 4 rings (SSSR count). The van der Waals surface area contributed by atoms with Crippen LogP contribution in [-0.2, 0) is 4.74 Å². The first-order chi connectivity index (χ1) is 11.3. The van der Waals surface area contributed by atoms with Crippen molar-refractivity contribution in [2.75, 3.05) is 6.61 Å². The molecule has 134 valence electrons. The van der Waals surface area contributed by atoms with Gasteiger partial charge < -0.3 is 9.84 Å². The summed E-state index contributed by atoms with van der Waals surface area (Å²) < 4.78 is 5.81. The maximum Gasteiger partial charge on any atom is 0.0962 e. The van der Waals surface area contributed by atoms with Crippen LogP contribution < -0.4 is 0 Å². The third-order valence-electron chi connectivity index (χ3n) is 8.62. The third-order valence-corrected chi connectivity index (χ3v) is 8.62. The van der Waals surface area contributed by atoms with Gasteiger partial charge in [0.15, 0.2) is 0 Å². The molecule has 24 heavy (non-hydrogen) atoms. The van der Waals surface area contributed by atoms with E-state index in [2.05, 4.69) is 39.8 Å². The average molecular weight is 331 g/mol. The number of rotatable bonds is 2. The van der Waals surface area contributed by atoms with Crippen LogP contribution in [0.4, 0.5) is 0 Å². The van der Waals surface area contributed by atoms with E-state index in [-0.39, 0.29) is 5.41 Å². The molecule has 2 nitrogen and oxygen atoms in total. The van der Waals surface area contributed by atoms with Crippen LogP contribution in [0, 0.1) is 28.6 Å². The summed E-state index contributed by atoms with van der Waals surface area (Å²) in [5, 5.41) is 11.0. The van der Waals surface area contributed by atoms with Crippen LogP contribution in [-0.4, -0.2) is 17.3 Å².